The summed E-state index contributed by atoms with van der Waals surface area (Å²) in [5.74, 6) is -0.0290. The lowest BCUT2D eigenvalue weighted by Gasteiger charge is -2.20. The quantitative estimate of drug-likeness (QED) is 0.785. The number of hydrogen-bond acceptors (Lipinski definition) is 5. The summed E-state index contributed by atoms with van der Waals surface area (Å²) in [6.45, 7) is 7.97. The number of nitrogens with one attached hydrogen (secondary N) is 1. The molecule has 0 aromatic heterocycles. The summed E-state index contributed by atoms with van der Waals surface area (Å²) in [7, 11) is 0. The highest BCUT2D eigenvalue weighted by atomic mass is 32.2. The second-order valence-corrected chi connectivity index (χ2v) is 7.40. The van der Waals surface area contributed by atoms with Gasteiger partial charge in [0.2, 0.25) is 0 Å². The lowest BCUT2D eigenvalue weighted by molar-refractivity contribution is -0.153. The number of carbonyl (C=O) groups is 3. The number of nitrogens with zero attached hydrogens (tertiary/aromatic N) is 1. The van der Waals surface area contributed by atoms with Crippen LogP contribution in [-0.4, -0.2) is 47.0 Å². The molecule has 0 bridgehead atoms. The van der Waals surface area contributed by atoms with E-state index in [1.54, 1.807) is 0 Å². The molecule has 1 aromatic rings. The molecule has 6 nitrogen and oxygen atoms in total. The van der Waals surface area contributed by atoms with Crippen LogP contribution in [0.4, 0.5) is 10.5 Å². The van der Waals surface area contributed by atoms with Crippen molar-refractivity contribution in [3.8, 4) is 0 Å². The molecule has 1 fully saturated rings. The van der Waals surface area contributed by atoms with E-state index in [0.717, 1.165) is 16.8 Å². The molecule has 0 radical (unpaired) electrons. The van der Waals surface area contributed by atoms with Gasteiger partial charge in [-0.05, 0) is 30.9 Å². The van der Waals surface area contributed by atoms with Gasteiger partial charge in [-0.15, -0.1) is 0 Å². The van der Waals surface area contributed by atoms with E-state index >= 15 is 0 Å². The van der Waals surface area contributed by atoms with Crippen LogP contribution in [0.3, 0.4) is 0 Å². The van der Waals surface area contributed by atoms with Crippen LogP contribution in [0.2, 0.25) is 0 Å². The zero-order valence-corrected chi connectivity index (χ0v) is 15.8. The maximum absolute atomic E-state index is 12.4. The molecule has 1 aliphatic heterocycles. The van der Waals surface area contributed by atoms with E-state index in [9.17, 15) is 14.4 Å². The molecular weight excluding hydrogens is 340 g/mol. The standard InChI is InChI=1S/C18H24N2O4S/c1-11(2)14-7-5-6-12(3)16(14)19-17(22)13(4)24-15(21)10-20-8-9-25-18(20)23/h5-7,11,13H,8-10H2,1-4H3,(H,19,22)/t13-/m0/s1. The number of benzene rings is 1. The van der Waals surface area contributed by atoms with Gasteiger partial charge < -0.3 is 15.0 Å². The molecule has 2 amide bonds. The summed E-state index contributed by atoms with van der Waals surface area (Å²) in [5, 5.41) is 2.74. The van der Waals surface area contributed by atoms with Crippen LogP contribution in [-0.2, 0) is 14.3 Å². The first-order valence-electron chi connectivity index (χ1n) is 8.31. The largest absolute Gasteiger partial charge is 0.451 e. The molecule has 25 heavy (non-hydrogen) atoms. The van der Waals surface area contributed by atoms with Crippen molar-refractivity contribution in [1.82, 2.24) is 4.90 Å². The molecule has 0 saturated carbocycles. The Hall–Kier alpha value is -2.02. The molecule has 1 atom stereocenters. The first kappa shape index (κ1) is 19.3. The zero-order chi connectivity index (χ0) is 18.6. The van der Waals surface area contributed by atoms with Gasteiger partial charge in [-0.3, -0.25) is 14.4 Å². The number of ether oxygens (including phenoxy) is 1. The van der Waals surface area contributed by atoms with Gasteiger partial charge >= 0.3 is 5.97 Å². The van der Waals surface area contributed by atoms with Crippen molar-refractivity contribution in [2.75, 3.05) is 24.2 Å². The number of thioether (sulfide) groups is 1. The first-order chi connectivity index (χ1) is 11.8. The van der Waals surface area contributed by atoms with Gasteiger partial charge in [0.1, 0.15) is 6.54 Å². The van der Waals surface area contributed by atoms with Gasteiger partial charge in [-0.1, -0.05) is 43.8 Å². The predicted octanol–water partition coefficient (Wildman–Crippen LogP) is 3.16. The van der Waals surface area contributed by atoms with Crippen molar-refractivity contribution in [1.29, 1.82) is 0 Å². The second-order valence-electron chi connectivity index (χ2n) is 6.35. The molecule has 136 valence electrons. The summed E-state index contributed by atoms with van der Waals surface area (Å²) >= 11 is 1.18. The van der Waals surface area contributed by atoms with Crippen molar-refractivity contribution in [3.63, 3.8) is 0 Å². The Bertz CT molecular complexity index is 675. The van der Waals surface area contributed by atoms with Crippen LogP contribution < -0.4 is 5.32 Å². The molecule has 1 aliphatic rings. The number of esters is 1. The summed E-state index contributed by atoms with van der Waals surface area (Å²) < 4.78 is 5.18. The van der Waals surface area contributed by atoms with Gasteiger partial charge in [0.15, 0.2) is 6.10 Å². The van der Waals surface area contributed by atoms with E-state index in [1.807, 2.05) is 25.1 Å². The number of carbonyl (C=O) groups excluding carboxylic acids is 3. The lowest BCUT2D eigenvalue weighted by atomic mass is 9.98. The smallest absolute Gasteiger partial charge is 0.326 e. The Morgan fingerprint density at radius 3 is 2.64 bits per heavy atom. The third-order valence-electron chi connectivity index (χ3n) is 4.02. The SMILES string of the molecule is Cc1cccc(C(C)C)c1NC(=O)[C@H](C)OC(=O)CN1CCSC1=O. The van der Waals surface area contributed by atoms with Gasteiger partial charge in [-0.25, -0.2) is 0 Å². The third-order valence-corrected chi connectivity index (χ3v) is 4.91. The summed E-state index contributed by atoms with van der Waals surface area (Å²) in [6.07, 6.45) is -0.933. The van der Waals surface area contributed by atoms with Crippen LogP contribution in [0.25, 0.3) is 0 Å². The van der Waals surface area contributed by atoms with Gasteiger partial charge in [0, 0.05) is 18.0 Å². The summed E-state index contributed by atoms with van der Waals surface area (Å²) in [5.41, 5.74) is 2.75. The number of anilines is 1. The van der Waals surface area contributed by atoms with Gasteiger partial charge in [0.05, 0.1) is 0 Å². The van der Waals surface area contributed by atoms with Crippen molar-refractivity contribution in [2.24, 2.45) is 0 Å². The van der Waals surface area contributed by atoms with Crippen LogP contribution in [0.15, 0.2) is 18.2 Å². The summed E-state index contributed by atoms with van der Waals surface area (Å²) in [4.78, 5) is 37.3. The lowest BCUT2D eigenvalue weighted by Crippen LogP contribution is -2.36. The minimum atomic E-state index is -0.933. The first-order valence-corrected chi connectivity index (χ1v) is 9.29. The fourth-order valence-electron chi connectivity index (χ4n) is 2.58. The number of rotatable bonds is 6. The normalized spacial score (nSPS) is 15.4. The highest BCUT2D eigenvalue weighted by Gasteiger charge is 2.26. The second kappa shape index (κ2) is 8.38. The van der Waals surface area contributed by atoms with Gasteiger partial charge in [-0.2, -0.15) is 0 Å². The van der Waals surface area contributed by atoms with E-state index in [0.29, 0.717) is 12.3 Å². The fourth-order valence-corrected chi connectivity index (χ4v) is 3.40. The van der Waals surface area contributed by atoms with E-state index in [4.69, 9.17) is 4.74 Å². The summed E-state index contributed by atoms with van der Waals surface area (Å²) in [6, 6.07) is 5.85. The fraction of sp³-hybridized carbons (Fsp3) is 0.500. The highest BCUT2D eigenvalue weighted by Crippen LogP contribution is 2.27. The molecule has 0 aliphatic carbocycles. The topological polar surface area (TPSA) is 75.7 Å². The van der Waals surface area contributed by atoms with E-state index in [2.05, 4.69) is 19.2 Å². The number of amides is 2. The molecule has 7 heteroatoms. The minimum Gasteiger partial charge on any atom is -0.451 e. The van der Waals surface area contributed by atoms with E-state index < -0.39 is 12.1 Å². The minimum absolute atomic E-state index is 0.120. The zero-order valence-electron chi connectivity index (χ0n) is 15.0. The Morgan fingerprint density at radius 2 is 2.04 bits per heavy atom. The average molecular weight is 364 g/mol. The predicted molar refractivity (Wildman–Crippen MR) is 98.9 cm³/mol. The van der Waals surface area contributed by atoms with Crippen molar-refractivity contribution >= 4 is 34.6 Å². The Kier molecular flexibility index (Phi) is 6.47. The Balaban J connectivity index is 1.96. The highest BCUT2D eigenvalue weighted by molar-refractivity contribution is 8.13. The molecule has 1 saturated heterocycles. The van der Waals surface area contributed by atoms with Crippen LogP contribution in [0.5, 0.6) is 0 Å². The number of para-hydroxylation sites is 1. The van der Waals surface area contributed by atoms with Crippen LogP contribution >= 0.6 is 11.8 Å². The Labute approximate surface area is 152 Å². The molecule has 0 unspecified atom stereocenters. The van der Waals surface area contributed by atoms with Crippen molar-refractivity contribution in [3.05, 3.63) is 29.3 Å². The average Bonchev–Trinajstić information content (AvgIpc) is 2.93. The molecule has 1 aromatic carbocycles. The molecule has 2 rings (SSSR count). The van der Waals surface area contributed by atoms with Crippen molar-refractivity contribution in [2.45, 2.75) is 39.7 Å². The molecule has 1 heterocycles. The van der Waals surface area contributed by atoms with Crippen LogP contribution in [0.1, 0.15) is 37.8 Å². The van der Waals surface area contributed by atoms with E-state index in [1.165, 1.54) is 23.6 Å². The maximum Gasteiger partial charge on any atom is 0.326 e. The monoisotopic (exact) mass is 364 g/mol. The molecule has 0 spiro atoms. The number of hydrogen-bond donors (Lipinski definition) is 1. The maximum atomic E-state index is 12.4. The Morgan fingerprint density at radius 1 is 1.32 bits per heavy atom. The third kappa shape index (κ3) is 4.98. The van der Waals surface area contributed by atoms with Gasteiger partial charge in [0.25, 0.3) is 11.1 Å². The number of aryl methyl sites for hydroxylation is 1. The van der Waals surface area contributed by atoms with Crippen molar-refractivity contribution < 1.29 is 19.1 Å². The molecule has 1 N–H and O–H groups in total. The van der Waals surface area contributed by atoms with E-state index in [-0.39, 0.29) is 23.6 Å². The van der Waals surface area contributed by atoms with Crippen LogP contribution in [0, 0.1) is 6.92 Å². The molecular formula is C18H24N2O4S.